The fourth-order valence-electron chi connectivity index (χ4n) is 2.63. The van der Waals surface area contributed by atoms with Crippen molar-refractivity contribution >= 4 is 40.3 Å². The number of fused-ring (bicyclic) bond motifs is 1. The summed E-state index contributed by atoms with van der Waals surface area (Å²) < 4.78 is 11.1. The first kappa shape index (κ1) is 15.4. The molecule has 0 saturated carbocycles. The number of H-pyrrole nitrogens is 1. The van der Waals surface area contributed by atoms with Gasteiger partial charge in [-0.1, -0.05) is 30.3 Å². The van der Waals surface area contributed by atoms with Gasteiger partial charge in [-0.25, -0.2) is 0 Å². The molecule has 1 aliphatic heterocycles. The van der Waals surface area contributed by atoms with Crippen LogP contribution in [0, 0.1) is 0 Å². The molecule has 1 amide bonds. The third-order valence-electron chi connectivity index (χ3n) is 3.86. The van der Waals surface area contributed by atoms with Gasteiger partial charge in [-0.2, -0.15) is 0 Å². The Hall–Kier alpha value is -3.12. The standard InChI is InChI=1S/C19H14N2O3S/c22-18-17(24-19(25)21-18)8-13-10-20-16-7-6-14(9-15(13)16)23-11-12-4-2-1-3-5-12/h1-10,20H,11H2,(H,21,22,25)/b17-8+. The Morgan fingerprint density at radius 2 is 2.00 bits per heavy atom. The van der Waals surface area contributed by atoms with Crippen LogP contribution in [0.1, 0.15) is 11.1 Å². The number of aromatic nitrogens is 1. The van der Waals surface area contributed by atoms with E-state index < -0.39 is 0 Å². The molecule has 1 saturated heterocycles. The van der Waals surface area contributed by atoms with Gasteiger partial charge in [-0.15, -0.1) is 0 Å². The van der Waals surface area contributed by atoms with E-state index in [-0.39, 0.29) is 16.8 Å². The molecule has 4 rings (SSSR count). The second-order valence-corrected chi connectivity index (χ2v) is 5.95. The smallest absolute Gasteiger partial charge is 0.294 e. The summed E-state index contributed by atoms with van der Waals surface area (Å²) in [6.07, 6.45) is 3.48. The van der Waals surface area contributed by atoms with Crippen LogP contribution in [0.2, 0.25) is 0 Å². The van der Waals surface area contributed by atoms with Crippen LogP contribution in [0.25, 0.3) is 17.0 Å². The van der Waals surface area contributed by atoms with Gasteiger partial charge in [-0.05, 0) is 42.1 Å². The normalized spacial score (nSPS) is 15.4. The number of aromatic amines is 1. The Morgan fingerprint density at radius 3 is 2.76 bits per heavy atom. The predicted molar refractivity (Wildman–Crippen MR) is 98.9 cm³/mol. The fraction of sp³-hybridized carbons (Fsp3) is 0.0526. The molecular formula is C19H14N2O3S. The Balaban J connectivity index is 1.60. The highest BCUT2D eigenvalue weighted by atomic mass is 32.1. The maximum absolute atomic E-state index is 11.7. The molecule has 0 bridgehead atoms. The van der Waals surface area contributed by atoms with Crippen molar-refractivity contribution in [1.82, 2.24) is 10.3 Å². The second-order valence-electron chi connectivity index (χ2n) is 5.58. The molecule has 2 aromatic carbocycles. The van der Waals surface area contributed by atoms with Crippen LogP contribution >= 0.6 is 12.2 Å². The number of thiocarbonyl (C=S) groups is 1. The minimum Gasteiger partial charge on any atom is -0.489 e. The summed E-state index contributed by atoms with van der Waals surface area (Å²) >= 11 is 4.84. The van der Waals surface area contributed by atoms with Crippen LogP contribution in [-0.4, -0.2) is 16.1 Å². The van der Waals surface area contributed by atoms with E-state index in [9.17, 15) is 4.79 Å². The highest BCUT2D eigenvalue weighted by Crippen LogP contribution is 2.26. The van der Waals surface area contributed by atoms with Crippen molar-refractivity contribution in [3.05, 3.63) is 71.6 Å². The van der Waals surface area contributed by atoms with Crippen molar-refractivity contribution in [2.75, 3.05) is 0 Å². The van der Waals surface area contributed by atoms with Gasteiger partial charge < -0.3 is 14.5 Å². The average molecular weight is 350 g/mol. The minimum atomic E-state index is -0.337. The van der Waals surface area contributed by atoms with E-state index in [0.717, 1.165) is 27.8 Å². The second kappa shape index (κ2) is 6.41. The monoisotopic (exact) mass is 350 g/mol. The Kier molecular flexibility index (Phi) is 3.95. The summed E-state index contributed by atoms with van der Waals surface area (Å²) in [5, 5.41) is 3.45. The summed E-state index contributed by atoms with van der Waals surface area (Å²) in [5.41, 5.74) is 2.87. The summed E-state index contributed by atoms with van der Waals surface area (Å²) in [6.45, 7) is 0.493. The number of nitrogens with one attached hydrogen (secondary N) is 2. The number of hydrogen-bond acceptors (Lipinski definition) is 4. The average Bonchev–Trinajstić information content (AvgIpc) is 3.17. The molecule has 124 valence electrons. The minimum absolute atomic E-state index is 0.0722. The largest absolute Gasteiger partial charge is 0.489 e. The Bertz CT molecular complexity index is 992. The van der Waals surface area contributed by atoms with E-state index in [1.165, 1.54) is 0 Å². The number of carbonyl (C=O) groups excluding carboxylic acids is 1. The van der Waals surface area contributed by atoms with Crippen LogP contribution < -0.4 is 10.1 Å². The van der Waals surface area contributed by atoms with Crippen molar-refractivity contribution in [1.29, 1.82) is 0 Å². The highest BCUT2D eigenvalue weighted by molar-refractivity contribution is 7.80. The summed E-state index contributed by atoms with van der Waals surface area (Å²) in [6, 6.07) is 15.8. The molecule has 0 radical (unpaired) electrons. The number of amides is 1. The molecule has 1 aromatic heterocycles. The number of rotatable bonds is 4. The van der Waals surface area contributed by atoms with Crippen LogP contribution in [0.3, 0.4) is 0 Å². The van der Waals surface area contributed by atoms with Crippen molar-refractivity contribution in [2.45, 2.75) is 6.61 Å². The lowest BCUT2D eigenvalue weighted by atomic mass is 10.1. The van der Waals surface area contributed by atoms with Gasteiger partial charge in [0.1, 0.15) is 12.4 Å². The van der Waals surface area contributed by atoms with Crippen LogP contribution in [0.5, 0.6) is 5.75 Å². The molecule has 2 heterocycles. The summed E-state index contributed by atoms with van der Waals surface area (Å²) in [4.78, 5) is 14.9. The molecule has 0 atom stereocenters. The summed E-state index contributed by atoms with van der Waals surface area (Å²) in [5.74, 6) is 0.597. The number of hydrogen-bond donors (Lipinski definition) is 2. The lowest BCUT2D eigenvalue weighted by Crippen LogP contribution is -2.18. The van der Waals surface area contributed by atoms with Gasteiger partial charge in [0.25, 0.3) is 11.1 Å². The van der Waals surface area contributed by atoms with Crippen molar-refractivity contribution in [3.8, 4) is 5.75 Å². The lowest BCUT2D eigenvalue weighted by molar-refractivity contribution is -0.116. The van der Waals surface area contributed by atoms with Gasteiger partial charge in [-0.3, -0.25) is 10.1 Å². The molecule has 1 aliphatic rings. The molecular weight excluding hydrogens is 336 g/mol. The van der Waals surface area contributed by atoms with Gasteiger partial charge in [0, 0.05) is 22.7 Å². The van der Waals surface area contributed by atoms with E-state index in [1.807, 2.05) is 54.7 Å². The molecule has 1 fully saturated rings. The predicted octanol–water partition coefficient (Wildman–Crippen LogP) is 3.52. The number of ether oxygens (including phenoxy) is 2. The van der Waals surface area contributed by atoms with Gasteiger partial charge in [0.2, 0.25) is 0 Å². The lowest BCUT2D eigenvalue weighted by Gasteiger charge is -2.06. The van der Waals surface area contributed by atoms with E-state index in [2.05, 4.69) is 10.3 Å². The van der Waals surface area contributed by atoms with Crippen LogP contribution in [-0.2, 0) is 16.1 Å². The van der Waals surface area contributed by atoms with E-state index in [0.29, 0.717) is 6.61 Å². The van der Waals surface area contributed by atoms with Crippen LogP contribution in [0.15, 0.2) is 60.5 Å². The van der Waals surface area contributed by atoms with Crippen molar-refractivity contribution in [2.24, 2.45) is 0 Å². The van der Waals surface area contributed by atoms with Crippen molar-refractivity contribution in [3.63, 3.8) is 0 Å². The molecule has 2 N–H and O–H groups in total. The number of benzene rings is 2. The maximum Gasteiger partial charge on any atom is 0.294 e. The fourth-order valence-corrected chi connectivity index (χ4v) is 2.82. The summed E-state index contributed by atoms with van der Waals surface area (Å²) in [7, 11) is 0. The Morgan fingerprint density at radius 1 is 1.16 bits per heavy atom. The number of carbonyl (C=O) groups is 1. The first-order valence-electron chi connectivity index (χ1n) is 7.72. The first-order valence-corrected chi connectivity index (χ1v) is 8.12. The molecule has 5 nitrogen and oxygen atoms in total. The highest BCUT2D eigenvalue weighted by Gasteiger charge is 2.23. The zero-order valence-corrected chi connectivity index (χ0v) is 13.9. The van der Waals surface area contributed by atoms with E-state index >= 15 is 0 Å². The molecule has 3 aromatic rings. The zero-order chi connectivity index (χ0) is 17.2. The van der Waals surface area contributed by atoms with Crippen molar-refractivity contribution < 1.29 is 14.3 Å². The van der Waals surface area contributed by atoms with Gasteiger partial charge >= 0.3 is 0 Å². The third-order valence-corrected chi connectivity index (χ3v) is 4.05. The third kappa shape index (κ3) is 3.25. The van der Waals surface area contributed by atoms with Gasteiger partial charge in [0.05, 0.1) is 0 Å². The SMILES string of the molecule is O=C1NC(=S)O/C1=C/c1c[nH]c2ccc(OCc3ccccc3)cc12. The van der Waals surface area contributed by atoms with E-state index in [1.54, 1.807) is 6.08 Å². The zero-order valence-electron chi connectivity index (χ0n) is 13.1. The topological polar surface area (TPSA) is 63.3 Å². The van der Waals surface area contributed by atoms with Crippen LogP contribution in [0.4, 0.5) is 0 Å². The molecule has 0 unspecified atom stereocenters. The molecule has 0 aliphatic carbocycles. The van der Waals surface area contributed by atoms with E-state index in [4.69, 9.17) is 21.7 Å². The maximum atomic E-state index is 11.7. The first-order chi connectivity index (χ1) is 12.2. The Labute approximate surface area is 149 Å². The molecule has 6 heteroatoms. The molecule has 0 spiro atoms. The van der Waals surface area contributed by atoms with Gasteiger partial charge in [0.15, 0.2) is 5.76 Å². The molecule has 25 heavy (non-hydrogen) atoms. The quantitative estimate of drug-likeness (QED) is 0.558.